The van der Waals surface area contributed by atoms with Gasteiger partial charge in [-0.3, -0.25) is 4.79 Å². The van der Waals surface area contributed by atoms with Crippen molar-refractivity contribution in [3.63, 3.8) is 0 Å². The van der Waals surface area contributed by atoms with E-state index < -0.39 is 0 Å². The fraction of sp³-hybridized carbons (Fsp3) is 0.316. The third kappa shape index (κ3) is 5.07. The lowest BCUT2D eigenvalue weighted by Crippen LogP contribution is -2.15. The van der Waals surface area contributed by atoms with Crippen LogP contribution in [0.1, 0.15) is 44.1 Å². The average molecular weight is 281 g/mol. The summed E-state index contributed by atoms with van der Waals surface area (Å²) in [5, 5.41) is 2.98. The summed E-state index contributed by atoms with van der Waals surface area (Å²) in [6.45, 7) is 2.19. The van der Waals surface area contributed by atoms with Crippen molar-refractivity contribution in [3.05, 3.63) is 66.2 Å². The maximum absolute atomic E-state index is 12.2. The van der Waals surface area contributed by atoms with Gasteiger partial charge in [-0.15, -0.1) is 0 Å². The summed E-state index contributed by atoms with van der Waals surface area (Å²) >= 11 is 0. The molecule has 2 rings (SSSR count). The second-order valence-corrected chi connectivity index (χ2v) is 5.37. The normalized spacial score (nSPS) is 11.9. The van der Waals surface area contributed by atoms with Crippen molar-refractivity contribution in [2.75, 3.05) is 5.32 Å². The molecule has 0 saturated carbocycles. The molecule has 21 heavy (non-hydrogen) atoms. The molecule has 0 radical (unpaired) electrons. The van der Waals surface area contributed by atoms with Gasteiger partial charge in [-0.2, -0.15) is 0 Å². The van der Waals surface area contributed by atoms with E-state index in [0.29, 0.717) is 12.3 Å². The highest BCUT2D eigenvalue weighted by atomic mass is 16.1. The molecule has 1 amide bonds. The SMILES string of the molecule is CCCCC(CC(=O)Nc1ccccc1)c1ccccc1. The molecule has 0 aromatic heterocycles. The summed E-state index contributed by atoms with van der Waals surface area (Å²) in [5.41, 5.74) is 2.12. The number of carbonyl (C=O) groups is 1. The molecule has 0 aliphatic rings. The first-order chi connectivity index (χ1) is 10.3. The molecule has 1 atom stereocenters. The summed E-state index contributed by atoms with van der Waals surface area (Å²) in [4.78, 5) is 12.2. The summed E-state index contributed by atoms with van der Waals surface area (Å²) in [6.07, 6.45) is 3.91. The first-order valence-electron chi connectivity index (χ1n) is 7.69. The van der Waals surface area contributed by atoms with Crippen LogP contribution in [0.2, 0.25) is 0 Å². The van der Waals surface area contributed by atoms with E-state index in [1.54, 1.807) is 0 Å². The summed E-state index contributed by atoms with van der Waals surface area (Å²) in [6, 6.07) is 20.0. The Morgan fingerprint density at radius 3 is 2.24 bits per heavy atom. The molecule has 0 heterocycles. The minimum Gasteiger partial charge on any atom is -0.326 e. The Morgan fingerprint density at radius 2 is 1.62 bits per heavy atom. The Labute approximate surface area is 127 Å². The van der Waals surface area contributed by atoms with Crippen LogP contribution in [-0.2, 0) is 4.79 Å². The molecular weight excluding hydrogens is 258 g/mol. The van der Waals surface area contributed by atoms with Crippen molar-refractivity contribution in [2.24, 2.45) is 0 Å². The van der Waals surface area contributed by atoms with Crippen molar-refractivity contribution in [2.45, 2.75) is 38.5 Å². The molecule has 2 aromatic carbocycles. The lowest BCUT2D eigenvalue weighted by Gasteiger charge is -2.17. The number of unbranched alkanes of at least 4 members (excludes halogenated alkanes) is 1. The number of rotatable bonds is 7. The molecule has 2 nitrogen and oxygen atoms in total. The van der Waals surface area contributed by atoms with Gasteiger partial charge < -0.3 is 5.32 Å². The van der Waals surface area contributed by atoms with Crippen LogP contribution in [0.5, 0.6) is 0 Å². The van der Waals surface area contributed by atoms with Gasteiger partial charge in [0.2, 0.25) is 5.91 Å². The van der Waals surface area contributed by atoms with E-state index in [-0.39, 0.29) is 5.91 Å². The second-order valence-electron chi connectivity index (χ2n) is 5.37. The second kappa shape index (κ2) is 8.25. The molecule has 1 N–H and O–H groups in total. The number of anilines is 1. The highest BCUT2D eigenvalue weighted by molar-refractivity contribution is 5.91. The summed E-state index contributed by atoms with van der Waals surface area (Å²) < 4.78 is 0. The smallest absolute Gasteiger partial charge is 0.224 e. The first kappa shape index (κ1) is 15.3. The Balaban J connectivity index is 1.99. The minimum atomic E-state index is 0.0890. The maximum atomic E-state index is 12.2. The van der Waals surface area contributed by atoms with Gasteiger partial charge in [0.1, 0.15) is 0 Å². The third-order valence-corrected chi connectivity index (χ3v) is 3.67. The van der Waals surface area contributed by atoms with E-state index in [0.717, 1.165) is 24.9 Å². The largest absolute Gasteiger partial charge is 0.326 e. The fourth-order valence-corrected chi connectivity index (χ4v) is 2.52. The molecule has 0 spiro atoms. The fourth-order valence-electron chi connectivity index (χ4n) is 2.52. The zero-order valence-corrected chi connectivity index (χ0v) is 12.6. The van der Waals surface area contributed by atoms with Crippen LogP contribution in [0, 0.1) is 0 Å². The molecule has 0 saturated heterocycles. The standard InChI is InChI=1S/C19H23NO/c1-2-3-10-17(16-11-6-4-7-12-16)15-19(21)20-18-13-8-5-9-14-18/h4-9,11-14,17H,2-3,10,15H2,1H3,(H,20,21). The minimum absolute atomic E-state index is 0.0890. The molecule has 110 valence electrons. The van der Waals surface area contributed by atoms with Crippen molar-refractivity contribution in [1.82, 2.24) is 0 Å². The van der Waals surface area contributed by atoms with Crippen LogP contribution in [0.15, 0.2) is 60.7 Å². The Morgan fingerprint density at radius 1 is 1.00 bits per heavy atom. The average Bonchev–Trinajstić information content (AvgIpc) is 2.53. The van der Waals surface area contributed by atoms with Crippen molar-refractivity contribution < 1.29 is 4.79 Å². The van der Waals surface area contributed by atoms with Crippen molar-refractivity contribution in [1.29, 1.82) is 0 Å². The van der Waals surface area contributed by atoms with E-state index in [1.165, 1.54) is 5.56 Å². The van der Waals surface area contributed by atoms with Crippen LogP contribution in [-0.4, -0.2) is 5.91 Å². The monoisotopic (exact) mass is 281 g/mol. The Kier molecular flexibility index (Phi) is 6.01. The van der Waals surface area contributed by atoms with Crippen LogP contribution in [0.3, 0.4) is 0 Å². The number of para-hydroxylation sites is 1. The molecular formula is C19H23NO. The topological polar surface area (TPSA) is 29.1 Å². The number of hydrogen-bond acceptors (Lipinski definition) is 1. The summed E-state index contributed by atoms with van der Waals surface area (Å²) in [7, 11) is 0. The molecule has 2 heteroatoms. The quantitative estimate of drug-likeness (QED) is 0.761. The Hall–Kier alpha value is -2.09. The van der Waals surface area contributed by atoms with Gasteiger partial charge >= 0.3 is 0 Å². The van der Waals surface area contributed by atoms with Gasteiger partial charge in [-0.05, 0) is 30.0 Å². The highest BCUT2D eigenvalue weighted by Crippen LogP contribution is 2.26. The number of nitrogens with one attached hydrogen (secondary N) is 1. The van der Waals surface area contributed by atoms with Crippen LogP contribution < -0.4 is 5.32 Å². The molecule has 0 fully saturated rings. The molecule has 0 bridgehead atoms. The molecule has 2 aromatic rings. The lowest BCUT2D eigenvalue weighted by atomic mass is 9.90. The number of amides is 1. The van der Waals surface area contributed by atoms with E-state index in [4.69, 9.17) is 0 Å². The third-order valence-electron chi connectivity index (χ3n) is 3.67. The zero-order valence-electron chi connectivity index (χ0n) is 12.6. The van der Waals surface area contributed by atoms with Crippen LogP contribution in [0.25, 0.3) is 0 Å². The zero-order chi connectivity index (χ0) is 14.9. The van der Waals surface area contributed by atoms with Crippen molar-refractivity contribution in [3.8, 4) is 0 Å². The van der Waals surface area contributed by atoms with Crippen molar-refractivity contribution >= 4 is 11.6 Å². The number of hydrogen-bond donors (Lipinski definition) is 1. The van der Waals surface area contributed by atoms with E-state index in [9.17, 15) is 4.79 Å². The number of benzene rings is 2. The van der Waals surface area contributed by atoms with Gasteiger partial charge in [-0.25, -0.2) is 0 Å². The highest BCUT2D eigenvalue weighted by Gasteiger charge is 2.15. The summed E-state index contributed by atoms with van der Waals surface area (Å²) in [5.74, 6) is 0.390. The van der Waals surface area contributed by atoms with Crippen LogP contribution in [0.4, 0.5) is 5.69 Å². The van der Waals surface area contributed by atoms with Gasteiger partial charge in [0.25, 0.3) is 0 Å². The van der Waals surface area contributed by atoms with E-state index in [2.05, 4.69) is 24.4 Å². The van der Waals surface area contributed by atoms with Gasteiger partial charge in [0.15, 0.2) is 0 Å². The predicted octanol–water partition coefficient (Wildman–Crippen LogP) is 4.99. The maximum Gasteiger partial charge on any atom is 0.224 e. The van der Waals surface area contributed by atoms with E-state index >= 15 is 0 Å². The predicted molar refractivity (Wildman–Crippen MR) is 88.4 cm³/mol. The van der Waals surface area contributed by atoms with Gasteiger partial charge in [0, 0.05) is 12.1 Å². The molecule has 0 aliphatic carbocycles. The Bertz CT molecular complexity index is 536. The van der Waals surface area contributed by atoms with Crippen LogP contribution >= 0.6 is 0 Å². The lowest BCUT2D eigenvalue weighted by molar-refractivity contribution is -0.116. The molecule has 1 unspecified atom stereocenters. The van der Waals surface area contributed by atoms with E-state index in [1.807, 2.05) is 48.5 Å². The molecule has 0 aliphatic heterocycles. The van der Waals surface area contributed by atoms with Gasteiger partial charge in [0.05, 0.1) is 0 Å². The first-order valence-corrected chi connectivity index (χ1v) is 7.69. The van der Waals surface area contributed by atoms with Gasteiger partial charge in [-0.1, -0.05) is 68.3 Å². The number of carbonyl (C=O) groups excluding carboxylic acids is 1.